The van der Waals surface area contributed by atoms with E-state index in [-0.39, 0.29) is 0 Å². The minimum atomic E-state index is -0.794. The SMILES string of the molecule is Cc1ccncc1C(O)c1cc(Cl)c2c(c1)OCCO2. The van der Waals surface area contributed by atoms with Gasteiger partial charge in [0.05, 0.1) is 5.02 Å². The van der Waals surface area contributed by atoms with Crippen LogP contribution in [-0.4, -0.2) is 23.3 Å². The van der Waals surface area contributed by atoms with Crippen molar-refractivity contribution < 1.29 is 14.6 Å². The van der Waals surface area contributed by atoms with Crippen LogP contribution < -0.4 is 9.47 Å². The van der Waals surface area contributed by atoms with Gasteiger partial charge in [-0.3, -0.25) is 4.98 Å². The fraction of sp³-hybridized carbons (Fsp3) is 0.267. The van der Waals surface area contributed by atoms with Crippen LogP contribution in [0.2, 0.25) is 5.02 Å². The summed E-state index contributed by atoms with van der Waals surface area (Å²) in [4.78, 5) is 4.05. The van der Waals surface area contributed by atoms with E-state index in [9.17, 15) is 5.11 Å². The number of pyridine rings is 1. The lowest BCUT2D eigenvalue weighted by Crippen LogP contribution is -2.16. The van der Waals surface area contributed by atoms with E-state index < -0.39 is 6.10 Å². The molecule has 0 fully saturated rings. The van der Waals surface area contributed by atoms with Gasteiger partial charge in [-0.15, -0.1) is 0 Å². The van der Waals surface area contributed by atoms with Gasteiger partial charge in [0.15, 0.2) is 11.5 Å². The van der Waals surface area contributed by atoms with Gasteiger partial charge < -0.3 is 14.6 Å². The number of halogens is 1. The molecule has 0 bridgehead atoms. The van der Waals surface area contributed by atoms with Gasteiger partial charge in [-0.2, -0.15) is 0 Å². The maximum Gasteiger partial charge on any atom is 0.179 e. The van der Waals surface area contributed by atoms with Gasteiger partial charge in [0.1, 0.15) is 19.3 Å². The largest absolute Gasteiger partial charge is 0.486 e. The Bertz CT molecular complexity index is 645. The number of aromatic nitrogens is 1. The number of benzene rings is 1. The monoisotopic (exact) mass is 291 g/mol. The molecule has 1 aliphatic heterocycles. The Labute approximate surface area is 121 Å². The van der Waals surface area contributed by atoms with Gasteiger partial charge in [0.2, 0.25) is 0 Å². The molecule has 0 aliphatic carbocycles. The van der Waals surface area contributed by atoms with E-state index in [1.54, 1.807) is 24.5 Å². The first-order chi connectivity index (χ1) is 9.66. The first-order valence-electron chi connectivity index (χ1n) is 6.34. The number of aryl methyl sites for hydroxylation is 1. The van der Waals surface area contributed by atoms with Gasteiger partial charge >= 0.3 is 0 Å². The molecule has 1 aromatic heterocycles. The molecule has 104 valence electrons. The molecule has 0 radical (unpaired) electrons. The maximum absolute atomic E-state index is 10.5. The van der Waals surface area contributed by atoms with Crippen LogP contribution in [0, 0.1) is 6.92 Å². The molecule has 0 amide bonds. The summed E-state index contributed by atoms with van der Waals surface area (Å²) in [5.41, 5.74) is 2.38. The molecular formula is C15H14ClNO3. The van der Waals surface area contributed by atoms with Crippen molar-refractivity contribution in [3.05, 3.63) is 52.3 Å². The van der Waals surface area contributed by atoms with Crippen LogP contribution in [0.4, 0.5) is 0 Å². The zero-order chi connectivity index (χ0) is 14.1. The van der Waals surface area contributed by atoms with Crippen LogP contribution in [0.1, 0.15) is 22.8 Å². The van der Waals surface area contributed by atoms with Crippen molar-refractivity contribution >= 4 is 11.6 Å². The number of aliphatic hydroxyl groups is 1. The zero-order valence-electron chi connectivity index (χ0n) is 11.0. The Kier molecular flexibility index (Phi) is 3.51. The second-order valence-corrected chi connectivity index (χ2v) is 5.07. The number of aliphatic hydroxyl groups excluding tert-OH is 1. The summed E-state index contributed by atoms with van der Waals surface area (Å²) in [7, 11) is 0. The molecule has 1 atom stereocenters. The number of hydrogen-bond donors (Lipinski definition) is 1. The maximum atomic E-state index is 10.5. The quantitative estimate of drug-likeness (QED) is 0.924. The third kappa shape index (κ3) is 2.32. The van der Waals surface area contributed by atoms with E-state index in [1.165, 1.54) is 0 Å². The van der Waals surface area contributed by atoms with Crippen LogP contribution >= 0.6 is 11.6 Å². The van der Waals surface area contributed by atoms with E-state index in [0.717, 1.165) is 11.1 Å². The van der Waals surface area contributed by atoms with E-state index >= 15 is 0 Å². The normalized spacial score (nSPS) is 14.9. The van der Waals surface area contributed by atoms with Crippen LogP contribution in [0.15, 0.2) is 30.6 Å². The zero-order valence-corrected chi connectivity index (χ0v) is 11.7. The predicted molar refractivity (Wildman–Crippen MR) is 75.5 cm³/mol. The van der Waals surface area contributed by atoms with Crippen molar-refractivity contribution in [1.82, 2.24) is 4.98 Å². The van der Waals surface area contributed by atoms with E-state index in [1.807, 2.05) is 13.0 Å². The smallest absolute Gasteiger partial charge is 0.179 e. The highest BCUT2D eigenvalue weighted by Crippen LogP contribution is 2.40. The minimum Gasteiger partial charge on any atom is -0.486 e. The van der Waals surface area contributed by atoms with Gasteiger partial charge in [0.25, 0.3) is 0 Å². The number of hydrogen-bond acceptors (Lipinski definition) is 4. The summed E-state index contributed by atoms with van der Waals surface area (Å²) in [6, 6.07) is 5.32. The third-order valence-electron chi connectivity index (χ3n) is 3.31. The van der Waals surface area contributed by atoms with Crippen molar-refractivity contribution in [2.45, 2.75) is 13.0 Å². The predicted octanol–water partition coefficient (Wildman–Crippen LogP) is 2.90. The topological polar surface area (TPSA) is 51.6 Å². The van der Waals surface area contributed by atoms with Crippen molar-refractivity contribution in [3.8, 4) is 11.5 Å². The van der Waals surface area contributed by atoms with Crippen molar-refractivity contribution in [2.75, 3.05) is 13.2 Å². The molecule has 0 saturated heterocycles. The molecule has 0 spiro atoms. The van der Waals surface area contributed by atoms with Crippen LogP contribution in [0.5, 0.6) is 11.5 Å². The summed E-state index contributed by atoms with van der Waals surface area (Å²) in [6.45, 7) is 2.89. The second kappa shape index (κ2) is 5.31. The van der Waals surface area contributed by atoms with E-state index in [0.29, 0.717) is 35.3 Å². The Morgan fingerprint density at radius 3 is 2.90 bits per heavy atom. The number of fused-ring (bicyclic) bond motifs is 1. The molecule has 0 saturated carbocycles. The molecule has 1 aliphatic rings. The Morgan fingerprint density at radius 2 is 2.10 bits per heavy atom. The summed E-state index contributed by atoms with van der Waals surface area (Å²) in [6.07, 6.45) is 2.56. The molecule has 4 nitrogen and oxygen atoms in total. The molecule has 2 heterocycles. The lowest BCUT2D eigenvalue weighted by Gasteiger charge is -2.22. The van der Waals surface area contributed by atoms with Crippen LogP contribution in [0.25, 0.3) is 0 Å². The fourth-order valence-electron chi connectivity index (χ4n) is 2.23. The number of ether oxygens (including phenoxy) is 2. The summed E-state index contributed by atoms with van der Waals surface area (Å²) >= 11 is 6.19. The fourth-order valence-corrected chi connectivity index (χ4v) is 2.50. The highest BCUT2D eigenvalue weighted by atomic mass is 35.5. The van der Waals surface area contributed by atoms with Gasteiger partial charge in [-0.1, -0.05) is 11.6 Å². The van der Waals surface area contributed by atoms with Crippen LogP contribution in [0.3, 0.4) is 0 Å². The minimum absolute atomic E-state index is 0.442. The second-order valence-electron chi connectivity index (χ2n) is 4.66. The molecule has 1 N–H and O–H groups in total. The van der Waals surface area contributed by atoms with E-state index in [4.69, 9.17) is 21.1 Å². The molecule has 20 heavy (non-hydrogen) atoms. The summed E-state index contributed by atoms with van der Waals surface area (Å²) in [5, 5.41) is 10.9. The number of nitrogens with zero attached hydrogens (tertiary/aromatic N) is 1. The third-order valence-corrected chi connectivity index (χ3v) is 3.59. The summed E-state index contributed by atoms with van der Waals surface area (Å²) in [5.74, 6) is 1.11. The molecule has 5 heteroatoms. The highest BCUT2D eigenvalue weighted by molar-refractivity contribution is 6.32. The molecule has 1 unspecified atom stereocenters. The van der Waals surface area contributed by atoms with E-state index in [2.05, 4.69) is 4.98 Å². The summed E-state index contributed by atoms with van der Waals surface area (Å²) < 4.78 is 11.0. The molecule has 1 aromatic carbocycles. The first kappa shape index (κ1) is 13.2. The van der Waals surface area contributed by atoms with Gasteiger partial charge in [-0.05, 0) is 36.2 Å². The average molecular weight is 292 g/mol. The Balaban J connectivity index is 2.02. The van der Waals surface area contributed by atoms with Crippen molar-refractivity contribution in [3.63, 3.8) is 0 Å². The highest BCUT2D eigenvalue weighted by Gasteiger charge is 2.21. The molecule has 3 rings (SSSR count). The lowest BCUT2D eigenvalue weighted by atomic mass is 9.99. The molecule has 2 aromatic rings. The van der Waals surface area contributed by atoms with Gasteiger partial charge in [-0.25, -0.2) is 0 Å². The van der Waals surface area contributed by atoms with Crippen LogP contribution in [-0.2, 0) is 0 Å². The first-order valence-corrected chi connectivity index (χ1v) is 6.72. The van der Waals surface area contributed by atoms with Gasteiger partial charge in [0, 0.05) is 18.0 Å². The standard InChI is InChI=1S/C15H14ClNO3/c1-9-2-3-17-8-11(9)14(18)10-6-12(16)15-13(7-10)19-4-5-20-15/h2-3,6-8,14,18H,4-5H2,1H3. The average Bonchev–Trinajstić information content (AvgIpc) is 2.47. The Hall–Kier alpha value is -1.78. The van der Waals surface area contributed by atoms with Crippen molar-refractivity contribution in [2.24, 2.45) is 0 Å². The molecular weight excluding hydrogens is 278 g/mol. The lowest BCUT2D eigenvalue weighted by molar-refractivity contribution is 0.170. The number of rotatable bonds is 2. The van der Waals surface area contributed by atoms with Crippen molar-refractivity contribution in [1.29, 1.82) is 0 Å². The Morgan fingerprint density at radius 1 is 1.30 bits per heavy atom.